The lowest BCUT2D eigenvalue weighted by Gasteiger charge is -2.16. The van der Waals surface area contributed by atoms with Gasteiger partial charge in [0.1, 0.15) is 0 Å². The van der Waals surface area contributed by atoms with Gasteiger partial charge in [-0.1, -0.05) is 129 Å². The minimum atomic E-state index is -1.27. The maximum Gasteiger partial charge on any atom is 0.183 e. The molecule has 0 N–H and O–H groups in total. The predicted octanol–water partition coefficient (Wildman–Crippen LogP) is 9.91. The maximum absolute atomic E-state index is 5.91. The molecule has 0 saturated heterocycles. The summed E-state index contributed by atoms with van der Waals surface area (Å²) in [5.74, 6) is 0.944. The van der Waals surface area contributed by atoms with E-state index in [-0.39, 0.29) is 0 Å². The molecule has 0 amide bonds. The van der Waals surface area contributed by atoms with Crippen LogP contribution >= 0.6 is 0 Å². The third-order valence-corrected chi connectivity index (χ3v) is 7.14. The predicted molar refractivity (Wildman–Crippen MR) is 132 cm³/mol. The quantitative estimate of drug-likeness (QED) is 0.127. The first-order valence-corrected chi connectivity index (χ1v) is 16.5. The fourth-order valence-corrected chi connectivity index (χ4v) is 4.59. The molecule has 0 aliphatic heterocycles. The first-order chi connectivity index (χ1) is 13.5. The Morgan fingerprint density at radius 1 is 0.536 bits per heavy atom. The molecule has 2 heteroatoms. The third kappa shape index (κ3) is 24.2. The highest BCUT2D eigenvalue weighted by atomic mass is 28.4. The number of rotatable bonds is 22. The van der Waals surface area contributed by atoms with Gasteiger partial charge in [0.25, 0.3) is 0 Å². The first kappa shape index (κ1) is 28.2. The van der Waals surface area contributed by atoms with Crippen LogP contribution in [0.3, 0.4) is 0 Å². The maximum atomic E-state index is 5.91. The second-order valence-electron chi connectivity index (χ2n) is 10.3. The molecule has 0 aromatic heterocycles. The largest absolute Gasteiger partial charge is 0.418 e. The molecule has 0 spiro atoms. The van der Waals surface area contributed by atoms with Crippen molar-refractivity contribution in [2.45, 2.75) is 155 Å². The summed E-state index contributed by atoms with van der Waals surface area (Å²) in [6.07, 6.45) is 27.4. The smallest absolute Gasteiger partial charge is 0.183 e. The lowest BCUT2D eigenvalue weighted by molar-refractivity contribution is 0.298. The van der Waals surface area contributed by atoms with E-state index in [0.717, 1.165) is 12.5 Å². The zero-order chi connectivity index (χ0) is 20.9. The van der Waals surface area contributed by atoms with Crippen molar-refractivity contribution in [2.24, 2.45) is 5.92 Å². The van der Waals surface area contributed by atoms with Gasteiger partial charge in [0.15, 0.2) is 8.32 Å². The van der Waals surface area contributed by atoms with E-state index in [2.05, 4.69) is 33.5 Å². The van der Waals surface area contributed by atoms with E-state index in [4.69, 9.17) is 4.43 Å². The van der Waals surface area contributed by atoms with Crippen LogP contribution in [0.5, 0.6) is 0 Å². The second kappa shape index (κ2) is 20.4. The summed E-state index contributed by atoms with van der Waals surface area (Å²) in [4.78, 5) is 0. The normalized spacial score (nSPS) is 13.2. The summed E-state index contributed by atoms with van der Waals surface area (Å²) in [5, 5.41) is 0. The van der Waals surface area contributed by atoms with Crippen molar-refractivity contribution in [3.8, 4) is 0 Å². The van der Waals surface area contributed by atoms with Crippen molar-refractivity contribution >= 4 is 8.32 Å². The lowest BCUT2D eigenvalue weighted by Crippen LogP contribution is -2.25. The molecule has 0 bridgehead atoms. The Morgan fingerprint density at radius 3 is 1.18 bits per heavy atom. The van der Waals surface area contributed by atoms with E-state index in [1.54, 1.807) is 0 Å². The monoisotopic (exact) mass is 412 g/mol. The van der Waals surface area contributed by atoms with Crippen LogP contribution in [-0.2, 0) is 4.43 Å². The minimum Gasteiger partial charge on any atom is -0.418 e. The van der Waals surface area contributed by atoms with Gasteiger partial charge >= 0.3 is 0 Å². The van der Waals surface area contributed by atoms with E-state index < -0.39 is 8.32 Å². The van der Waals surface area contributed by atoms with Crippen LogP contribution in [0.15, 0.2) is 0 Å². The van der Waals surface area contributed by atoms with Gasteiger partial charge < -0.3 is 4.43 Å². The molecule has 0 aliphatic carbocycles. The summed E-state index contributed by atoms with van der Waals surface area (Å²) in [5.41, 5.74) is 0. The Kier molecular flexibility index (Phi) is 20.6. The standard InChI is InChI=1S/C26H56OSi/c1-6-26(2)24-22-20-18-16-14-12-10-8-7-9-11-13-15-17-19-21-23-25-27-28(3,4)5/h26H,6-25H2,1-5H3. The number of hydrogen-bond donors (Lipinski definition) is 0. The van der Waals surface area contributed by atoms with E-state index in [9.17, 15) is 0 Å². The summed E-state index contributed by atoms with van der Waals surface area (Å²) < 4.78 is 5.91. The van der Waals surface area contributed by atoms with Crippen molar-refractivity contribution in [3.63, 3.8) is 0 Å². The molecule has 0 saturated carbocycles. The van der Waals surface area contributed by atoms with Gasteiger partial charge in [-0.2, -0.15) is 0 Å². The Morgan fingerprint density at radius 2 is 0.857 bits per heavy atom. The van der Waals surface area contributed by atoms with Crippen LogP contribution in [0.4, 0.5) is 0 Å². The highest BCUT2D eigenvalue weighted by molar-refractivity contribution is 6.69. The topological polar surface area (TPSA) is 9.23 Å². The molecule has 0 aromatic carbocycles. The van der Waals surface area contributed by atoms with E-state index >= 15 is 0 Å². The minimum absolute atomic E-state index is 0.944. The molecule has 170 valence electrons. The average Bonchev–Trinajstić information content (AvgIpc) is 2.65. The van der Waals surface area contributed by atoms with Gasteiger partial charge in [0, 0.05) is 6.61 Å². The zero-order valence-electron chi connectivity index (χ0n) is 20.6. The van der Waals surface area contributed by atoms with Crippen molar-refractivity contribution in [2.75, 3.05) is 6.61 Å². The Bertz CT molecular complexity index is 297. The molecule has 1 nitrogen and oxygen atoms in total. The molecule has 0 aromatic rings. The molecule has 0 aliphatic rings. The third-order valence-electron chi connectivity index (χ3n) is 6.07. The van der Waals surface area contributed by atoms with Gasteiger partial charge in [-0.3, -0.25) is 0 Å². The summed E-state index contributed by atoms with van der Waals surface area (Å²) >= 11 is 0. The van der Waals surface area contributed by atoms with Crippen LogP contribution in [-0.4, -0.2) is 14.9 Å². The fourth-order valence-electron chi connectivity index (χ4n) is 3.83. The van der Waals surface area contributed by atoms with Crippen LogP contribution in [0.1, 0.15) is 136 Å². The summed E-state index contributed by atoms with van der Waals surface area (Å²) in [6, 6.07) is 0. The molecule has 0 rings (SSSR count). The molecular weight excluding hydrogens is 356 g/mol. The van der Waals surface area contributed by atoms with Gasteiger partial charge in [0.05, 0.1) is 0 Å². The summed E-state index contributed by atoms with van der Waals surface area (Å²) in [7, 11) is -1.27. The molecule has 28 heavy (non-hydrogen) atoms. The van der Waals surface area contributed by atoms with E-state index in [1.165, 1.54) is 122 Å². The van der Waals surface area contributed by atoms with Crippen LogP contribution in [0, 0.1) is 5.92 Å². The summed E-state index contributed by atoms with van der Waals surface area (Å²) in [6.45, 7) is 12.6. The van der Waals surface area contributed by atoms with Crippen molar-refractivity contribution < 1.29 is 4.43 Å². The Hall–Kier alpha value is 0.177. The van der Waals surface area contributed by atoms with Gasteiger partial charge in [-0.15, -0.1) is 0 Å². The van der Waals surface area contributed by atoms with E-state index in [0.29, 0.717) is 0 Å². The fraction of sp³-hybridized carbons (Fsp3) is 1.00. The Balaban J connectivity index is 3.05. The SMILES string of the molecule is CCC(C)CCCCCCCCCCCCCCCCCCCO[Si](C)(C)C. The zero-order valence-corrected chi connectivity index (χ0v) is 21.6. The van der Waals surface area contributed by atoms with Crippen molar-refractivity contribution in [1.29, 1.82) is 0 Å². The van der Waals surface area contributed by atoms with Gasteiger partial charge in [0.2, 0.25) is 0 Å². The van der Waals surface area contributed by atoms with Crippen LogP contribution in [0.25, 0.3) is 0 Å². The van der Waals surface area contributed by atoms with E-state index in [1.807, 2.05) is 0 Å². The number of hydrogen-bond acceptors (Lipinski definition) is 1. The molecule has 0 fully saturated rings. The van der Waals surface area contributed by atoms with Crippen molar-refractivity contribution in [3.05, 3.63) is 0 Å². The molecule has 0 radical (unpaired) electrons. The van der Waals surface area contributed by atoms with Gasteiger partial charge in [-0.05, 0) is 32.0 Å². The molecule has 1 unspecified atom stereocenters. The second-order valence-corrected chi connectivity index (χ2v) is 14.8. The first-order valence-electron chi connectivity index (χ1n) is 13.1. The number of unbranched alkanes of at least 4 members (excludes halogenated alkanes) is 16. The van der Waals surface area contributed by atoms with Crippen molar-refractivity contribution in [1.82, 2.24) is 0 Å². The molecule has 0 heterocycles. The lowest BCUT2D eigenvalue weighted by atomic mass is 9.99. The molecule has 1 atom stereocenters. The van der Waals surface area contributed by atoms with Crippen LogP contribution < -0.4 is 0 Å². The highest BCUT2D eigenvalue weighted by Crippen LogP contribution is 2.16. The highest BCUT2D eigenvalue weighted by Gasteiger charge is 2.12. The average molecular weight is 413 g/mol. The van der Waals surface area contributed by atoms with Gasteiger partial charge in [-0.25, -0.2) is 0 Å². The van der Waals surface area contributed by atoms with Crippen LogP contribution in [0.2, 0.25) is 19.6 Å². The Labute approximate surface area is 180 Å². The molecular formula is C26H56OSi.